The van der Waals surface area contributed by atoms with E-state index < -0.39 is 17.5 Å². The van der Waals surface area contributed by atoms with Gasteiger partial charge in [0.2, 0.25) is 0 Å². The summed E-state index contributed by atoms with van der Waals surface area (Å²) in [4.78, 5) is 25.0. The lowest BCUT2D eigenvalue weighted by Crippen LogP contribution is -2.47. The topological polar surface area (TPSA) is 110 Å². The van der Waals surface area contributed by atoms with E-state index >= 15 is 0 Å². The molecule has 9 heteroatoms. The average Bonchev–Trinajstić information content (AvgIpc) is 3.48. The zero-order valence-corrected chi connectivity index (χ0v) is 16.6. The van der Waals surface area contributed by atoms with Crippen LogP contribution in [0.1, 0.15) is 5.56 Å². The van der Waals surface area contributed by atoms with Gasteiger partial charge in [0, 0.05) is 29.4 Å². The summed E-state index contributed by atoms with van der Waals surface area (Å²) in [5.74, 6) is 0.103. The zero-order chi connectivity index (χ0) is 21.6. The van der Waals surface area contributed by atoms with Gasteiger partial charge < -0.3 is 19.7 Å². The molecule has 3 amide bonds. The molecule has 0 saturated carbocycles. The summed E-state index contributed by atoms with van der Waals surface area (Å²) < 4.78 is 8.48. The van der Waals surface area contributed by atoms with E-state index in [0.29, 0.717) is 16.7 Å². The molecule has 0 radical (unpaired) electrons. The summed E-state index contributed by atoms with van der Waals surface area (Å²) in [6, 6.07) is 13.7. The van der Waals surface area contributed by atoms with Crippen LogP contribution in [0, 0.1) is 0 Å². The summed E-state index contributed by atoms with van der Waals surface area (Å²) in [6.45, 7) is 0.00845. The molecule has 4 aromatic rings. The molecule has 1 saturated heterocycles. The van der Waals surface area contributed by atoms with Crippen LogP contribution in [0.25, 0.3) is 16.5 Å². The monoisotopic (exact) mass is 417 g/mol. The number of rotatable bonds is 5. The van der Waals surface area contributed by atoms with Crippen molar-refractivity contribution in [3.63, 3.8) is 0 Å². The van der Waals surface area contributed by atoms with E-state index in [1.807, 2.05) is 30.5 Å². The van der Waals surface area contributed by atoms with E-state index in [0.717, 1.165) is 11.1 Å². The lowest BCUT2D eigenvalue weighted by atomic mass is 9.89. The van der Waals surface area contributed by atoms with Crippen molar-refractivity contribution in [2.24, 2.45) is 0 Å². The van der Waals surface area contributed by atoms with E-state index in [9.17, 15) is 14.7 Å². The van der Waals surface area contributed by atoms with Crippen molar-refractivity contribution in [1.82, 2.24) is 25.0 Å². The largest absolute Gasteiger partial charge is 0.497 e. The molecule has 1 aliphatic heterocycles. The predicted octanol–water partition coefficient (Wildman–Crippen LogP) is 2.28. The van der Waals surface area contributed by atoms with Gasteiger partial charge >= 0.3 is 6.03 Å². The SMILES string of the molecule is COc1ccc2cn(C[C@@]3(c4ccc(-n5cccn5)cc4)NC(=O)NC3=O)c(O)c2c1. The smallest absolute Gasteiger partial charge is 0.322 e. The fourth-order valence-electron chi connectivity index (χ4n) is 3.95. The Morgan fingerprint density at radius 3 is 2.61 bits per heavy atom. The summed E-state index contributed by atoms with van der Waals surface area (Å²) in [6.07, 6.45) is 5.22. The second-order valence-corrected chi connectivity index (χ2v) is 7.34. The number of fused-ring (bicyclic) bond motifs is 1. The van der Waals surface area contributed by atoms with Crippen molar-refractivity contribution in [2.75, 3.05) is 7.11 Å². The number of amides is 3. The van der Waals surface area contributed by atoms with Gasteiger partial charge in [0.05, 0.1) is 19.3 Å². The number of hydrogen-bond donors (Lipinski definition) is 3. The zero-order valence-electron chi connectivity index (χ0n) is 16.6. The number of methoxy groups -OCH3 is 1. The Labute approximate surface area is 176 Å². The number of urea groups is 1. The first-order chi connectivity index (χ1) is 15.0. The highest BCUT2D eigenvalue weighted by atomic mass is 16.5. The normalized spacial score (nSPS) is 18.2. The third-order valence-electron chi connectivity index (χ3n) is 5.55. The number of carbonyl (C=O) groups is 2. The molecule has 2 aromatic carbocycles. The van der Waals surface area contributed by atoms with Crippen LogP contribution in [0.2, 0.25) is 0 Å². The van der Waals surface area contributed by atoms with Gasteiger partial charge in [-0.25, -0.2) is 9.48 Å². The third kappa shape index (κ3) is 2.98. The number of aromatic hydroxyl groups is 1. The molecule has 0 bridgehead atoms. The number of ether oxygens (including phenoxy) is 1. The van der Waals surface area contributed by atoms with Gasteiger partial charge in [-0.3, -0.25) is 10.1 Å². The van der Waals surface area contributed by atoms with Crippen LogP contribution < -0.4 is 15.4 Å². The van der Waals surface area contributed by atoms with Gasteiger partial charge in [-0.15, -0.1) is 0 Å². The molecular weight excluding hydrogens is 398 g/mol. The predicted molar refractivity (Wildman–Crippen MR) is 112 cm³/mol. The fourth-order valence-corrected chi connectivity index (χ4v) is 3.95. The highest BCUT2D eigenvalue weighted by Crippen LogP contribution is 2.35. The van der Waals surface area contributed by atoms with Gasteiger partial charge in [-0.1, -0.05) is 12.1 Å². The Hall–Kier alpha value is -4.27. The van der Waals surface area contributed by atoms with Crippen molar-refractivity contribution >= 4 is 22.7 Å². The van der Waals surface area contributed by atoms with Crippen molar-refractivity contribution < 1.29 is 19.4 Å². The van der Waals surface area contributed by atoms with Crippen LogP contribution in [0.4, 0.5) is 4.79 Å². The Morgan fingerprint density at radius 1 is 1.16 bits per heavy atom. The van der Waals surface area contributed by atoms with Crippen molar-refractivity contribution in [3.05, 3.63) is 72.7 Å². The molecule has 1 fully saturated rings. The molecule has 3 heterocycles. The second kappa shape index (κ2) is 6.91. The Morgan fingerprint density at radius 2 is 1.97 bits per heavy atom. The molecule has 2 aromatic heterocycles. The van der Waals surface area contributed by atoms with Crippen LogP contribution in [0.15, 0.2) is 67.1 Å². The summed E-state index contributed by atoms with van der Waals surface area (Å²) in [7, 11) is 1.55. The van der Waals surface area contributed by atoms with Crippen LogP contribution >= 0.6 is 0 Å². The van der Waals surface area contributed by atoms with Crippen LogP contribution in [0.5, 0.6) is 11.6 Å². The molecule has 1 aliphatic rings. The Bertz CT molecular complexity index is 1290. The number of aromatic nitrogens is 3. The quantitative estimate of drug-likeness (QED) is 0.432. The molecule has 9 nitrogen and oxygen atoms in total. The molecule has 0 spiro atoms. The number of hydrogen-bond acceptors (Lipinski definition) is 5. The van der Waals surface area contributed by atoms with E-state index in [2.05, 4.69) is 15.7 Å². The van der Waals surface area contributed by atoms with Gasteiger partial charge in [0.1, 0.15) is 5.75 Å². The number of benzene rings is 2. The molecule has 0 unspecified atom stereocenters. The van der Waals surface area contributed by atoms with Crippen molar-refractivity contribution in [2.45, 2.75) is 12.1 Å². The van der Waals surface area contributed by atoms with E-state index in [1.165, 1.54) is 0 Å². The van der Waals surface area contributed by atoms with E-state index in [4.69, 9.17) is 4.74 Å². The van der Waals surface area contributed by atoms with Gasteiger partial charge in [-0.2, -0.15) is 5.10 Å². The lowest BCUT2D eigenvalue weighted by Gasteiger charge is -2.27. The maximum absolute atomic E-state index is 12.9. The van der Waals surface area contributed by atoms with Crippen LogP contribution in [-0.2, 0) is 16.9 Å². The van der Waals surface area contributed by atoms with Crippen molar-refractivity contribution in [1.29, 1.82) is 0 Å². The fraction of sp³-hybridized carbons (Fsp3) is 0.136. The Kier molecular flexibility index (Phi) is 4.18. The molecule has 31 heavy (non-hydrogen) atoms. The highest BCUT2D eigenvalue weighted by molar-refractivity contribution is 6.07. The number of nitrogens with zero attached hydrogens (tertiary/aromatic N) is 3. The van der Waals surface area contributed by atoms with Gasteiger partial charge in [0.15, 0.2) is 11.4 Å². The summed E-state index contributed by atoms with van der Waals surface area (Å²) in [5.41, 5.74) is 0.0212. The van der Waals surface area contributed by atoms with E-state index in [-0.39, 0.29) is 12.4 Å². The number of nitrogens with one attached hydrogen (secondary N) is 2. The lowest BCUT2D eigenvalue weighted by molar-refractivity contribution is -0.124. The minimum atomic E-state index is -1.38. The maximum Gasteiger partial charge on any atom is 0.322 e. The third-order valence-corrected chi connectivity index (χ3v) is 5.55. The first kappa shape index (κ1) is 18.7. The van der Waals surface area contributed by atoms with Crippen LogP contribution in [-0.4, -0.2) is 38.5 Å². The highest BCUT2D eigenvalue weighted by Gasteiger charge is 2.48. The van der Waals surface area contributed by atoms with Gasteiger partial charge in [-0.05, 0) is 42.0 Å². The first-order valence-corrected chi connectivity index (χ1v) is 9.60. The van der Waals surface area contributed by atoms with Gasteiger partial charge in [0.25, 0.3) is 5.91 Å². The standard InChI is InChI=1S/C22H19N5O4/c1-31-17-8-3-14-12-26(19(28)18(14)11-17)13-22(20(29)24-21(30)25-22)15-4-6-16(7-5-15)27-10-2-9-23-27/h2-12,28H,13H2,1H3,(H2,24,25,29,30)/t22-/m0/s1. The van der Waals surface area contributed by atoms with Crippen molar-refractivity contribution in [3.8, 4) is 17.3 Å². The van der Waals surface area contributed by atoms with E-state index in [1.54, 1.807) is 53.0 Å². The molecule has 0 aliphatic carbocycles. The molecule has 5 rings (SSSR count). The summed E-state index contributed by atoms with van der Waals surface area (Å²) >= 11 is 0. The van der Waals surface area contributed by atoms with Crippen LogP contribution in [0.3, 0.4) is 0 Å². The average molecular weight is 417 g/mol. The molecule has 3 N–H and O–H groups in total. The minimum absolute atomic E-state index is 0.00845. The molecule has 1 atom stereocenters. The molecular formula is C22H19N5O4. The first-order valence-electron chi connectivity index (χ1n) is 9.60. The maximum atomic E-state index is 12.9. The summed E-state index contributed by atoms with van der Waals surface area (Å²) in [5, 5.41) is 21.4. The molecule has 156 valence electrons. The Balaban J connectivity index is 1.57. The minimum Gasteiger partial charge on any atom is -0.497 e. The second-order valence-electron chi connectivity index (χ2n) is 7.34. The number of imide groups is 1. The number of carbonyl (C=O) groups excluding carboxylic acids is 2.